The first kappa shape index (κ1) is 16.6. The Hall–Kier alpha value is -2.74. The molecule has 0 bridgehead atoms. The van der Waals surface area contributed by atoms with Crippen molar-refractivity contribution in [3.8, 4) is 11.3 Å². The van der Waals surface area contributed by atoms with Crippen LogP contribution in [0.25, 0.3) is 11.3 Å². The monoisotopic (exact) mass is 317 g/mol. The fourth-order valence-corrected chi connectivity index (χ4v) is 2.05. The van der Waals surface area contributed by atoms with Crippen molar-refractivity contribution in [3.05, 3.63) is 46.1 Å². The van der Waals surface area contributed by atoms with Gasteiger partial charge in [0.2, 0.25) is 0 Å². The molecule has 0 aliphatic rings. The molecule has 122 valence electrons. The lowest BCUT2D eigenvalue weighted by atomic mass is 10.1. The molecule has 2 aromatic rings. The summed E-state index contributed by atoms with van der Waals surface area (Å²) in [5.41, 5.74) is 1.59. The number of carbonyl (C=O) groups excluding carboxylic acids is 1. The smallest absolute Gasteiger partial charge is 0.269 e. The molecule has 0 saturated heterocycles. The van der Waals surface area contributed by atoms with Gasteiger partial charge in [-0.1, -0.05) is 0 Å². The Kier molecular flexibility index (Phi) is 5.07. The van der Waals surface area contributed by atoms with E-state index >= 15 is 0 Å². The van der Waals surface area contributed by atoms with E-state index in [1.807, 2.05) is 14.0 Å². The number of non-ortho nitro benzene ring substituents is 1. The van der Waals surface area contributed by atoms with Crippen LogP contribution in [0.15, 0.2) is 30.5 Å². The van der Waals surface area contributed by atoms with Gasteiger partial charge in [0.15, 0.2) is 0 Å². The van der Waals surface area contributed by atoms with Gasteiger partial charge in [0.05, 0.1) is 10.5 Å². The van der Waals surface area contributed by atoms with E-state index in [1.54, 1.807) is 30.1 Å². The minimum atomic E-state index is -0.463. The van der Waals surface area contributed by atoms with Crippen molar-refractivity contribution in [1.29, 1.82) is 0 Å². The van der Waals surface area contributed by atoms with Gasteiger partial charge in [-0.3, -0.25) is 19.6 Å². The van der Waals surface area contributed by atoms with Crippen LogP contribution in [-0.4, -0.2) is 40.2 Å². The van der Waals surface area contributed by atoms with Crippen molar-refractivity contribution in [2.24, 2.45) is 7.05 Å². The second kappa shape index (κ2) is 7.01. The average Bonchev–Trinajstić information content (AvgIpc) is 2.94. The fraction of sp³-hybridized carbons (Fsp3) is 0.333. The van der Waals surface area contributed by atoms with E-state index in [9.17, 15) is 14.9 Å². The highest BCUT2D eigenvalue weighted by atomic mass is 16.6. The number of benzene rings is 1. The lowest BCUT2D eigenvalue weighted by Gasteiger charge is -2.11. The maximum atomic E-state index is 12.3. The standard InChI is InChI=1S/C15H19N5O3/c1-10(16-2)8-17-15(21)13-9-19(3)18-14(13)11-4-6-12(7-5-11)20(22)23/h4-7,9-10,16H,8H2,1-3H3,(H,17,21). The number of nitrogens with zero attached hydrogens (tertiary/aromatic N) is 3. The molecule has 1 amide bonds. The number of nitro benzene ring substituents is 1. The first-order valence-electron chi connectivity index (χ1n) is 7.16. The van der Waals surface area contributed by atoms with Gasteiger partial charge in [-0.15, -0.1) is 0 Å². The largest absolute Gasteiger partial charge is 0.350 e. The van der Waals surface area contributed by atoms with Gasteiger partial charge in [-0.05, 0) is 26.1 Å². The quantitative estimate of drug-likeness (QED) is 0.618. The Morgan fingerprint density at radius 3 is 2.61 bits per heavy atom. The molecule has 8 nitrogen and oxygen atoms in total. The number of aryl methyl sites for hydroxylation is 1. The Balaban J connectivity index is 2.26. The van der Waals surface area contributed by atoms with Crippen molar-refractivity contribution in [1.82, 2.24) is 20.4 Å². The van der Waals surface area contributed by atoms with Crippen LogP contribution in [-0.2, 0) is 7.05 Å². The molecule has 1 unspecified atom stereocenters. The highest BCUT2D eigenvalue weighted by Gasteiger charge is 2.18. The minimum Gasteiger partial charge on any atom is -0.350 e. The summed E-state index contributed by atoms with van der Waals surface area (Å²) in [4.78, 5) is 22.6. The molecule has 2 N–H and O–H groups in total. The molecule has 1 aromatic heterocycles. The molecular weight excluding hydrogens is 298 g/mol. The third kappa shape index (κ3) is 3.92. The lowest BCUT2D eigenvalue weighted by Crippen LogP contribution is -2.37. The molecule has 2 rings (SSSR count). The molecule has 8 heteroatoms. The highest BCUT2D eigenvalue weighted by molar-refractivity contribution is 5.99. The summed E-state index contributed by atoms with van der Waals surface area (Å²) in [6.07, 6.45) is 1.64. The molecule has 0 saturated carbocycles. The van der Waals surface area contributed by atoms with Crippen LogP contribution in [0.2, 0.25) is 0 Å². The Morgan fingerprint density at radius 1 is 1.39 bits per heavy atom. The number of carbonyl (C=O) groups is 1. The summed E-state index contributed by atoms with van der Waals surface area (Å²) in [6.45, 7) is 2.45. The Bertz CT molecular complexity index is 708. The van der Waals surface area contributed by atoms with Crippen molar-refractivity contribution >= 4 is 11.6 Å². The molecule has 0 spiro atoms. The number of nitro groups is 1. The van der Waals surface area contributed by atoms with E-state index < -0.39 is 4.92 Å². The van der Waals surface area contributed by atoms with E-state index in [2.05, 4.69) is 15.7 Å². The summed E-state index contributed by atoms with van der Waals surface area (Å²) in [6, 6.07) is 6.13. The van der Waals surface area contributed by atoms with Crippen LogP contribution in [0.3, 0.4) is 0 Å². The number of amides is 1. The number of nitrogens with one attached hydrogen (secondary N) is 2. The fourth-order valence-electron chi connectivity index (χ4n) is 2.05. The first-order chi connectivity index (χ1) is 10.9. The predicted molar refractivity (Wildman–Crippen MR) is 86.2 cm³/mol. The SMILES string of the molecule is CNC(C)CNC(=O)c1cn(C)nc1-c1ccc([N+](=O)[O-])cc1. The topological polar surface area (TPSA) is 102 Å². The van der Waals surface area contributed by atoms with Gasteiger partial charge in [0.25, 0.3) is 11.6 Å². The molecule has 23 heavy (non-hydrogen) atoms. The zero-order valence-electron chi connectivity index (χ0n) is 13.2. The van der Waals surface area contributed by atoms with Crippen molar-refractivity contribution in [2.75, 3.05) is 13.6 Å². The Labute approximate surface area is 133 Å². The number of likely N-dealkylation sites (N-methyl/N-ethyl adjacent to an activating group) is 1. The zero-order chi connectivity index (χ0) is 17.0. The van der Waals surface area contributed by atoms with Gasteiger partial charge in [0.1, 0.15) is 5.69 Å². The maximum Gasteiger partial charge on any atom is 0.269 e. The average molecular weight is 317 g/mol. The molecule has 0 aliphatic heterocycles. The Morgan fingerprint density at radius 2 is 2.04 bits per heavy atom. The lowest BCUT2D eigenvalue weighted by molar-refractivity contribution is -0.384. The minimum absolute atomic E-state index is 0.00136. The molecule has 1 heterocycles. The van der Waals surface area contributed by atoms with E-state index in [0.717, 1.165) is 0 Å². The summed E-state index contributed by atoms with van der Waals surface area (Å²) >= 11 is 0. The molecule has 0 aliphatic carbocycles. The number of rotatable bonds is 6. The van der Waals surface area contributed by atoms with E-state index in [0.29, 0.717) is 23.4 Å². The molecule has 0 fully saturated rings. The normalized spacial score (nSPS) is 12.0. The van der Waals surface area contributed by atoms with E-state index in [4.69, 9.17) is 0 Å². The maximum absolute atomic E-state index is 12.3. The third-order valence-corrected chi connectivity index (χ3v) is 3.49. The van der Waals surface area contributed by atoms with Crippen molar-refractivity contribution < 1.29 is 9.72 Å². The van der Waals surface area contributed by atoms with Gasteiger partial charge in [-0.2, -0.15) is 5.10 Å². The van der Waals surface area contributed by atoms with E-state index in [-0.39, 0.29) is 17.6 Å². The van der Waals surface area contributed by atoms with Crippen LogP contribution in [0.4, 0.5) is 5.69 Å². The van der Waals surface area contributed by atoms with Crippen LogP contribution >= 0.6 is 0 Å². The van der Waals surface area contributed by atoms with Gasteiger partial charge in [-0.25, -0.2) is 0 Å². The summed E-state index contributed by atoms with van der Waals surface area (Å²) in [5.74, 6) is -0.228. The van der Waals surface area contributed by atoms with Crippen LogP contribution in [0.1, 0.15) is 17.3 Å². The van der Waals surface area contributed by atoms with Gasteiger partial charge >= 0.3 is 0 Å². The molecule has 1 aromatic carbocycles. The highest BCUT2D eigenvalue weighted by Crippen LogP contribution is 2.24. The summed E-state index contributed by atoms with van der Waals surface area (Å²) in [7, 11) is 3.55. The van der Waals surface area contributed by atoms with Crippen LogP contribution in [0.5, 0.6) is 0 Å². The third-order valence-electron chi connectivity index (χ3n) is 3.49. The van der Waals surface area contributed by atoms with Crippen LogP contribution < -0.4 is 10.6 Å². The first-order valence-corrected chi connectivity index (χ1v) is 7.16. The van der Waals surface area contributed by atoms with Crippen LogP contribution in [0, 0.1) is 10.1 Å². The number of hydrogen-bond acceptors (Lipinski definition) is 5. The second-order valence-corrected chi connectivity index (χ2v) is 5.27. The number of aromatic nitrogens is 2. The second-order valence-electron chi connectivity index (χ2n) is 5.27. The van der Waals surface area contributed by atoms with E-state index in [1.165, 1.54) is 12.1 Å². The number of hydrogen-bond donors (Lipinski definition) is 2. The molecule has 0 radical (unpaired) electrons. The summed E-state index contributed by atoms with van der Waals surface area (Å²) in [5, 5.41) is 20.9. The molecular formula is C15H19N5O3. The zero-order valence-corrected chi connectivity index (χ0v) is 13.2. The molecule has 1 atom stereocenters. The van der Waals surface area contributed by atoms with Gasteiger partial charge < -0.3 is 10.6 Å². The summed E-state index contributed by atoms with van der Waals surface area (Å²) < 4.78 is 1.55. The predicted octanol–water partition coefficient (Wildman–Crippen LogP) is 1.33. The van der Waals surface area contributed by atoms with Gasteiger partial charge in [0, 0.05) is 43.5 Å². The van der Waals surface area contributed by atoms with Crippen molar-refractivity contribution in [3.63, 3.8) is 0 Å². The van der Waals surface area contributed by atoms with Crippen molar-refractivity contribution in [2.45, 2.75) is 13.0 Å².